The van der Waals surface area contributed by atoms with Crippen molar-refractivity contribution < 1.29 is 9.59 Å². The lowest BCUT2D eigenvalue weighted by molar-refractivity contribution is -0.151. The smallest absolute Gasteiger partial charge is 0.231 e. The Labute approximate surface area is 113 Å². The van der Waals surface area contributed by atoms with Gasteiger partial charge in [-0.2, -0.15) is 0 Å². The highest BCUT2D eigenvalue weighted by atomic mass is 16.2. The van der Waals surface area contributed by atoms with Crippen molar-refractivity contribution in [3.8, 4) is 0 Å². The van der Waals surface area contributed by atoms with Gasteiger partial charge in [-0.3, -0.25) is 14.5 Å². The summed E-state index contributed by atoms with van der Waals surface area (Å²) in [5, 5.41) is 3.11. The number of amides is 2. The monoisotopic (exact) mass is 260 g/mol. The number of hydrogen-bond acceptors (Lipinski definition) is 3. The van der Waals surface area contributed by atoms with E-state index in [0.717, 1.165) is 5.69 Å². The highest BCUT2D eigenvalue weighted by molar-refractivity contribution is 5.98. The molecular formula is C15H20N2O2. The van der Waals surface area contributed by atoms with E-state index in [2.05, 4.69) is 5.32 Å². The number of carbonyl (C=O) groups excluding carboxylic acids is 2. The first-order valence-corrected chi connectivity index (χ1v) is 6.51. The summed E-state index contributed by atoms with van der Waals surface area (Å²) in [5.74, 6) is -0.193. The van der Waals surface area contributed by atoms with Gasteiger partial charge in [-0.1, -0.05) is 31.5 Å². The van der Waals surface area contributed by atoms with Gasteiger partial charge in [0.05, 0.1) is 6.67 Å². The molecule has 102 valence electrons. The first-order valence-electron chi connectivity index (χ1n) is 6.51. The fraction of sp³-hybridized carbons (Fsp3) is 0.467. The van der Waals surface area contributed by atoms with Crippen molar-refractivity contribution in [1.82, 2.24) is 4.90 Å². The predicted molar refractivity (Wildman–Crippen MR) is 74.5 cm³/mol. The standard InChI is InChI=1S/C15H20N2O2/c1-11-4-6-12(7-5-11)16-10-17-13(18)8-15(2,3)9-14(17)19/h4-7,16H,8-10H2,1-3H3. The van der Waals surface area contributed by atoms with Crippen LogP contribution in [0.4, 0.5) is 5.69 Å². The van der Waals surface area contributed by atoms with Crippen LogP contribution in [0.25, 0.3) is 0 Å². The number of nitrogens with one attached hydrogen (secondary N) is 1. The fourth-order valence-electron chi connectivity index (χ4n) is 2.23. The summed E-state index contributed by atoms with van der Waals surface area (Å²) >= 11 is 0. The van der Waals surface area contributed by atoms with E-state index in [1.807, 2.05) is 45.0 Å². The molecule has 0 atom stereocenters. The van der Waals surface area contributed by atoms with Crippen molar-refractivity contribution >= 4 is 17.5 Å². The number of carbonyl (C=O) groups is 2. The van der Waals surface area contributed by atoms with Gasteiger partial charge in [-0.25, -0.2) is 0 Å². The van der Waals surface area contributed by atoms with E-state index in [0.29, 0.717) is 12.8 Å². The molecule has 1 aromatic rings. The molecule has 4 nitrogen and oxygen atoms in total. The SMILES string of the molecule is Cc1ccc(NCN2C(=O)CC(C)(C)CC2=O)cc1. The molecule has 1 N–H and O–H groups in total. The third-order valence-corrected chi connectivity index (χ3v) is 3.35. The molecule has 0 aliphatic carbocycles. The maximum absolute atomic E-state index is 12.0. The van der Waals surface area contributed by atoms with E-state index in [1.165, 1.54) is 10.5 Å². The first-order chi connectivity index (χ1) is 8.87. The van der Waals surface area contributed by atoms with Gasteiger partial charge in [0.25, 0.3) is 0 Å². The minimum atomic E-state index is -0.214. The molecule has 19 heavy (non-hydrogen) atoms. The Hall–Kier alpha value is -1.84. The summed E-state index contributed by atoms with van der Waals surface area (Å²) in [4.78, 5) is 25.2. The Morgan fingerprint density at radius 1 is 1.11 bits per heavy atom. The van der Waals surface area contributed by atoms with Crippen molar-refractivity contribution in [2.24, 2.45) is 5.41 Å². The number of rotatable bonds is 3. The summed E-state index contributed by atoms with van der Waals surface area (Å²) in [6.45, 7) is 6.17. The van der Waals surface area contributed by atoms with Crippen LogP contribution < -0.4 is 5.32 Å². The summed E-state index contributed by atoms with van der Waals surface area (Å²) in [6.07, 6.45) is 0.850. The molecule has 1 heterocycles. The Morgan fingerprint density at radius 2 is 1.63 bits per heavy atom. The van der Waals surface area contributed by atoms with Gasteiger partial charge in [-0.05, 0) is 24.5 Å². The van der Waals surface area contributed by atoms with Gasteiger partial charge in [0.1, 0.15) is 0 Å². The minimum absolute atomic E-state index is 0.0964. The number of nitrogens with zero attached hydrogens (tertiary/aromatic N) is 1. The zero-order valence-electron chi connectivity index (χ0n) is 11.7. The molecule has 0 saturated carbocycles. The van der Waals surface area contributed by atoms with Crippen LogP contribution in [-0.4, -0.2) is 23.4 Å². The number of benzene rings is 1. The van der Waals surface area contributed by atoms with Gasteiger partial charge in [0.2, 0.25) is 11.8 Å². The molecule has 0 spiro atoms. The molecule has 1 aliphatic heterocycles. The number of likely N-dealkylation sites (tertiary alicyclic amines) is 1. The van der Waals surface area contributed by atoms with Crippen molar-refractivity contribution in [3.63, 3.8) is 0 Å². The summed E-state index contributed by atoms with van der Waals surface area (Å²) in [6, 6.07) is 7.87. The molecule has 0 radical (unpaired) electrons. The lowest BCUT2D eigenvalue weighted by Gasteiger charge is -2.34. The number of piperidine rings is 1. The normalized spacial score (nSPS) is 18.6. The summed E-state index contributed by atoms with van der Waals surface area (Å²) in [5.41, 5.74) is 1.88. The van der Waals surface area contributed by atoms with Crippen LogP contribution >= 0.6 is 0 Å². The largest absolute Gasteiger partial charge is 0.367 e. The van der Waals surface area contributed by atoms with E-state index in [-0.39, 0.29) is 23.9 Å². The molecule has 2 rings (SSSR count). The second-order valence-electron chi connectivity index (χ2n) is 5.93. The number of anilines is 1. The Bertz CT molecular complexity index is 471. The number of aryl methyl sites for hydroxylation is 1. The van der Waals surface area contributed by atoms with E-state index in [9.17, 15) is 9.59 Å². The molecule has 2 amide bonds. The highest BCUT2D eigenvalue weighted by Crippen LogP contribution is 2.31. The average molecular weight is 260 g/mol. The van der Waals surface area contributed by atoms with E-state index < -0.39 is 0 Å². The zero-order valence-corrected chi connectivity index (χ0v) is 11.7. The first kappa shape index (κ1) is 13.6. The molecule has 0 bridgehead atoms. The van der Waals surface area contributed by atoms with Crippen LogP contribution in [0.15, 0.2) is 24.3 Å². The topological polar surface area (TPSA) is 49.4 Å². The molecule has 0 unspecified atom stereocenters. The average Bonchev–Trinajstić information content (AvgIpc) is 2.29. The van der Waals surface area contributed by atoms with Crippen molar-refractivity contribution in [1.29, 1.82) is 0 Å². The lowest BCUT2D eigenvalue weighted by atomic mass is 9.82. The van der Waals surface area contributed by atoms with Gasteiger partial charge in [-0.15, -0.1) is 0 Å². The maximum Gasteiger partial charge on any atom is 0.231 e. The van der Waals surface area contributed by atoms with Gasteiger partial charge in [0, 0.05) is 18.5 Å². The number of hydrogen-bond donors (Lipinski definition) is 1. The maximum atomic E-state index is 12.0. The quantitative estimate of drug-likeness (QED) is 0.850. The molecule has 0 aromatic heterocycles. The molecule has 1 fully saturated rings. The summed E-state index contributed by atoms with van der Waals surface area (Å²) < 4.78 is 0. The molecule has 1 aromatic carbocycles. The van der Waals surface area contributed by atoms with Crippen LogP contribution in [0.3, 0.4) is 0 Å². The molecule has 4 heteroatoms. The van der Waals surface area contributed by atoms with Gasteiger partial charge >= 0.3 is 0 Å². The van der Waals surface area contributed by atoms with Gasteiger partial charge in [0.15, 0.2) is 0 Å². The summed E-state index contributed by atoms with van der Waals surface area (Å²) in [7, 11) is 0. The minimum Gasteiger partial charge on any atom is -0.367 e. The molecular weight excluding hydrogens is 240 g/mol. The van der Waals surface area contributed by atoms with Crippen LogP contribution in [0.1, 0.15) is 32.3 Å². The number of imide groups is 1. The van der Waals surface area contributed by atoms with E-state index in [1.54, 1.807) is 0 Å². The van der Waals surface area contributed by atoms with Crippen molar-refractivity contribution in [2.75, 3.05) is 12.0 Å². The highest BCUT2D eigenvalue weighted by Gasteiger charge is 2.37. The third kappa shape index (κ3) is 3.34. The van der Waals surface area contributed by atoms with E-state index in [4.69, 9.17) is 0 Å². The van der Waals surface area contributed by atoms with Crippen molar-refractivity contribution in [3.05, 3.63) is 29.8 Å². The van der Waals surface area contributed by atoms with Gasteiger partial charge < -0.3 is 5.32 Å². The fourth-order valence-corrected chi connectivity index (χ4v) is 2.23. The third-order valence-electron chi connectivity index (χ3n) is 3.35. The van der Waals surface area contributed by atoms with Crippen LogP contribution in [0.5, 0.6) is 0 Å². The lowest BCUT2D eigenvalue weighted by Crippen LogP contribution is -2.48. The Kier molecular flexibility index (Phi) is 3.60. The van der Waals surface area contributed by atoms with Crippen LogP contribution in [-0.2, 0) is 9.59 Å². The molecule has 1 saturated heterocycles. The van der Waals surface area contributed by atoms with E-state index >= 15 is 0 Å². The van der Waals surface area contributed by atoms with Crippen molar-refractivity contribution in [2.45, 2.75) is 33.6 Å². The second kappa shape index (κ2) is 5.03. The second-order valence-corrected chi connectivity index (χ2v) is 5.93. The van der Waals surface area contributed by atoms with Crippen LogP contribution in [0.2, 0.25) is 0 Å². The Balaban J connectivity index is 1.98. The zero-order chi connectivity index (χ0) is 14.0. The van der Waals surface area contributed by atoms with Crippen LogP contribution in [0, 0.1) is 12.3 Å². The molecule has 1 aliphatic rings. The Morgan fingerprint density at radius 3 is 2.16 bits per heavy atom. The predicted octanol–water partition coefficient (Wildman–Crippen LogP) is 2.54.